The van der Waals surface area contributed by atoms with Crippen LogP contribution in [-0.2, 0) is 0 Å². The van der Waals surface area contributed by atoms with E-state index in [0.29, 0.717) is 0 Å². The molecule has 0 saturated carbocycles. The van der Waals surface area contributed by atoms with E-state index in [0.717, 1.165) is 24.5 Å². The first-order chi connectivity index (χ1) is 6.77. The number of pyridine rings is 1. The minimum absolute atomic E-state index is 0.421. The minimum Gasteiger partial charge on any atom is -0.389 e. The first-order valence-electron chi connectivity index (χ1n) is 5.16. The molecule has 0 spiro atoms. The monoisotopic (exact) mass is 192 g/mol. The van der Waals surface area contributed by atoms with Gasteiger partial charge in [-0.15, -0.1) is 0 Å². The molecule has 0 unspecified atom stereocenters. The van der Waals surface area contributed by atoms with Gasteiger partial charge in [-0.05, 0) is 31.4 Å². The SMILES string of the molecule is C[C@@H](O)c1ccc(N2CCCC2)nc1. The summed E-state index contributed by atoms with van der Waals surface area (Å²) in [4.78, 5) is 6.63. The summed E-state index contributed by atoms with van der Waals surface area (Å²) in [7, 11) is 0. The highest BCUT2D eigenvalue weighted by molar-refractivity contribution is 5.40. The van der Waals surface area contributed by atoms with Crippen molar-refractivity contribution in [3.63, 3.8) is 0 Å². The first-order valence-corrected chi connectivity index (χ1v) is 5.16. The number of aromatic nitrogens is 1. The van der Waals surface area contributed by atoms with Gasteiger partial charge in [0.05, 0.1) is 6.10 Å². The van der Waals surface area contributed by atoms with Crippen LogP contribution in [0.15, 0.2) is 18.3 Å². The summed E-state index contributed by atoms with van der Waals surface area (Å²) < 4.78 is 0. The molecule has 0 radical (unpaired) electrons. The van der Waals surface area contributed by atoms with Gasteiger partial charge in [-0.1, -0.05) is 6.07 Å². The highest BCUT2D eigenvalue weighted by atomic mass is 16.3. The fourth-order valence-electron chi connectivity index (χ4n) is 1.78. The molecule has 0 amide bonds. The fourth-order valence-corrected chi connectivity index (χ4v) is 1.78. The smallest absolute Gasteiger partial charge is 0.128 e. The van der Waals surface area contributed by atoms with Gasteiger partial charge in [0.25, 0.3) is 0 Å². The van der Waals surface area contributed by atoms with Gasteiger partial charge in [0.1, 0.15) is 5.82 Å². The molecule has 1 aromatic rings. The molecule has 76 valence electrons. The quantitative estimate of drug-likeness (QED) is 0.775. The molecule has 2 rings (SSSR count). The number of nitrogens with zero attached hydrogens (tertiary/aromatic N) is 2. The fraction of sp³-hybridized carbons (Fsp3) is 0.545. The van der Waals surface area contributed by atoms with Gasteiger partial charge in [-0.25, -0.2) is 4.98 Å². The Hall–Kier alpha value is -1.09. The molecule has 1 aromatic heterocycles. The Morgan fingerprint density at radius 3 is 2.57 bits per heavy atom. The Balaban J connectivity index is 2.12. The summed E-state index contributed by atoms with van der Waals surface area (Å²) in [6.07, 6.45) is 3.87. The molecule has 1 aliphatic rings. The van der Waals surface area contributed by atoms with Gasteiger partial charge in [0.15, 0.2) is 0 Å². The molecule has 0 aromatic carbocycles. The maximum absolute atomic E-state index is 9.33. The lowest BCUT2D eigenvalue weighted by molar-refractivity contribution is 0.199. The molecule has 14 heavy (non-hydrogen) atoms. The van der Waals surface area contributed by atoms with E-state index < -0.39 is 6.10 Å². The maximum atomic E-state index is 9.33. The summed E-state index contributed by atoms with van der Waals surface area (Å²) in [6, 6.07) is 3.94. The molecular weight excluding hydrogens is 176 g/mol. The van der Waals surface area contributed by atoms with Gasteiger partial charge in [0.2, 0.25) is 0 Å². The molecule has 1 N–H and O–H groups in total. The van der Waals surface area contributed by atoms with Crippen molar-refractivity contribution >= 4 is 5.82 Å². The van der Waals surface area contributed by atoms with Crippen molar-refractivity contribution in [2.45, 2.75) is 25.9 Å². The van der Waals surface area contributed by atoms with Crippen LogP contribution >= 0.6 is 0 Å². The third-order valence-corrected chi connectivity index (χ3v) is 2.68. The molecule has 3 heteroatoms. The number of hydrogen-bond acceptors (Lipinski definition) is 3. The van der Waals surface area contributed by atoms with Crippen molar-refractivity contribution in [3.8, 4) is 0 Å². The largest absolute Gasteiger partial charge is 0.389 e. The summed E-state index contributed by atoms with van der Waals surface area (Å²) in [5.74, 6) is 1.03. The highest BCUT2D eigenvalue weighted by Crippen LogP contribution is 2.19. The predicted octanol–water partition coefficient (Wildman–Crippen LogP) is 1.74. The number of rotatable bonds is 2. The van der Waals surface area contributed by atoms with Crippen LogP contribution in [-0.4, -0.2) is 23.2 Å². The summed E-state index contributed by atoms with van der Waals surface area (Å²) >= 11 is 0. The van der Waals surface area contributed by atoms with Gasteiger partial charge in [0, 0.05) is 19.3 Å². The Morgan fingerprint density at radius 1 is 1.36 bits per heavy atom. The van der Waals surface area contributed by atoms with Gasteiger partial charge < -0.3 is 10.0 Å². The van der Waals surface area contributed by atoms with Crippen molar-refractivity contribution in [2.75, 3.05) is 18.0 Å². The van der Waals surface area contributed by atoms with Crippen LogP contribution < -0.4 is 4.90 Å². The second kappa shape index (κ2) is 3.96. The van der Waals surface area contributed by atoms with Crippen molar-refractivity contribution in [3.05, 3.63) is 23.9 Å². The number of hydrogen-bond donors (Lipinski definition) is 1. The standard InChI is InChI=1S/C11H16N2O/c1-9(14)10-4-5-11(12-8-10)13-6-2-3-7-13/h4-5,8-9,14H,2-3,6-7H2,1H3/t9-/m1/s1. The molecule has 2 heterocycles. The van der Waals surface area contributed by atoms with E-state index in [-0.39, 0.29) is 0 Å². The molecule has 1 fully saturated rings. The van der Waals surface area contributed by atoms with E-state index in [1.807, 2.05) is 12.1 Å². The molecule has 1 saturated heterocycles. The highest BCUT2D eigenvalue weighted by Gasteiger charge is 2.13. The second-order valence-electron chi connectivity index (χ2n) is 3.82. The lowest BCUT2D eigenvalue weighted by atomic mass is 10.2. The van der Waals surface area contributed by atoms with Crippen LogP contribution in [0, 0.1) is 0 Å². The van der Waals surface area contributed by atoms with E-state index in [9.17, 15) is 5.11 Å². The second-order valence-corrected chi connectivity index (χ2v) is 3.82. The lowest BCUT2D eigenvalue weighted by Crippen LogP contribution is -2.18. The number of aliphatic hydroxyl groups excluding tert-OH is 1. The zero-order valence-corrected chi connectivity index (χ0v) is 8.48. The molecule has 1 aliphatic heterocycles. The maximum Gasteiger partial charge on any atom is 0.128 e. The Morgan fingerprint density at radius 2 is 2.07 bits per heavy atom. The topological polar surface area (TPSA) is 36.4 Å². The summed E-state index contributed by atoms with van der Waals surface area (Å²) in [5.41, 5.74) is 0.882. The Kier molecular flexibility index (Phi) is 2.68. The van der Waals surface area contributed by atoms with Crippen LogP contribution in [0.3, 0.4) is 0 Å². The molecule has 3 nitrogen and oxygen atoms in total. The molecule has 1 atom stereocenters. The number of anilines is 1. The van der Waals surface area contributed by atoms with Crippen molar-refractivity contribution in [1.82, 2.24) is 4.98 Å². The number of aliphatic hydroxyl groups is 1. The Bertz CT molecular complexity index is 289. The third kappa shape index (κ3) is 1.87. The lowest BCUT2D eigenvalue weighted by Gasteiger charge is -2.16. The van der Waals surface area contributed by atoms with Gasteiger partial charge in [-0.3, -0.25) is 0 Å². The van der Waals surface area contributed by atoms with Gasteiger partial charge >= 0.3 is 0 Å². The van der Waals surface area contributed by atoms with Crippen LogP contribution in [0.2, 0.25) is 0 Å². The van der Waals surface area contributed by atoms with E-state index in [2.05, 4.69) is 9.88 Å². The van der Waals surface area contributed by atoms with Gasteiger partial charge in [-0.2, -0.15) is 0 Å². The summed E-state index contributed by atoms with van der Waals surface area (Å²) in [6.45, 7) is 3.98. The van der Waals surface area contributed by atoms with E-state index in [4.69, 9.17) is 0 Å². The molecule has 0 aliphatic carbocycles. The zero-order chi connectivity index (χ0) is 9.97. The van der Waals surface area contributed by atoms with Crippen LogP contribution in [0.5, 0.6) is 0 Å². The zero-order valence-electron chi connectivity index (χ0n) is 8.48. The van der Waals surface area contributed by atoms with Crippen LogP contribution in [0.25, 0.3) is 0 Å². The molecular formula is C11H16N2O. The molecule has 0 bridgehead atoms. The Labute approximate surface area is 84.4 Å². The van der Waals surface area contributed by atoms with Crippen molar-refractivity contribution in [1.29, 1.82) is 0 Å². The van der Waals surface area contributed by atoms with Crippen molar-refractivity contribution in [2.24, 2.45) is 0 Å². The third-order valence-electron chi connectivity index (χ3n) is 2.68. The van der Waals surface area contributed by atoms with Crippen LogP contribution in [0.1, 0.15) is 31.4 Å². The minimum atomic E-state index is -0.421. The average Bonchev–Trinajstić information content (AvgIpc) is 2.71. The van der Waals surface area contributed by atoms with E-state index in [1.165, 1.54) is 12.8 Å². The first kappa shape index (κ1) is 9.46. The van der Waals surface area contributed by atoms with E-state index in [1.54, 1.807) is 13.1 Å². The van der Waals surface area contributed by atoms with Crippen molar-refractivity contribution < 1.29 is 5.11 Å². The average molecular weight is 192 g/mol. The van der Waals surface area contributed by atoms with Crippen LogP contribution in [0.4, 0.5) is 5.82 Å². The predicted molar refractivity (Wildman–Crippen MR) is 56.3 cm³/mol. The normalized spacial score (nSPS) is 18.6. The summed E-state index contributed by atoms with van der Waals surface area (Å²) in [5, 5.41) is 9.33. The van der Waals surface area contributed by atoms with E-state index >= 15 is 0 Å².